The lowest BCUT2D eigenvalue weighted by Gasteiger charge is -2.37. The van der Waals surface area contributed by atoms with E-state index in [4.69, 9.17) is 11.6 Å². The van der Waals surface area contributed by atoms with Crippen molar-refractivity contribution in [2.24, 2.45) is 0 Å². The molecule has 0 saturated carbocycles. The van der Waals surface area contributed by atoms with Gasteiger partial charge in [-0.25, -0.2) is 15.2 Å². The molecule has 130 valence electrons. The molecule has 5 nitrogen and oxygen atoms in total. The minimum absolute atomic E-state index is 0.0620. The van der Waals surface area contributed by atoms with Crippen molar-refractivity contribution < 1.29 is 4.79 Å². The van der Waals surface area contributed by atoms with Crippen molar-refractivity contribution in [1.82, 2.24) is 21.1 Å². The molecule has 25 heavy (non-hydrogen) atoms. The number of carbonyl (C=O) groups is 1. The second-order valence-electron chi connectivity index (χ2n) is 6.13. The summed E-state index contributed by atoms with van der Waals surface area (Å²) in [7, 11) is 0. The minimum atomic E-state index is -0.140. The maximum Gasteiger partial charge on any atom is 0.335 e. The first-order chi connectivity index (χ1) is 12.2. The van der Waals surface area contributed by atoms with Gasteiger partial charge < -0.3 is 5.32 Å². The summed E-state index contributed by atoms with van der Waals surface area (Å²) >= 11 is 7.69. The molecule has 2 aromatic rings. The van der Waals surface area contributed by atoms with Gasteiger partial charge in [0.1, 0.15) is 11.7 Å². The molecule has 0 aliphatic carbocycles. The Hall–Kier alpha value is -1.73. The standard InChI is InChI=1S/C18H19ClN4OS/c19-14-8-4-5-12(9-14)11-25-17-21-16-15(13-6-2-1-3-7-13)10-20-23(16)18(24)22-17/h1-9,15-17,20-21H,10-11H2,(H,22,24). The van der Waals surface area contributed by atoms with Crippen molar-refractivity contribution in [3.63, 3.8) is 0 Å². The van der Waals surface area contributed by atoms with Crippen molar-refractivity contribution >= 4 is 29.4 Å². The Balaban J connectivity index is 1.45. The molecule has 3 atom stereocenters. The molecule has 3 unspecified atom stereocenters. The molecule has 2 aromatic carbocycles. The van der Waals surface area contributed by atoms with Crippen molar-refractivity contribution in [2.75, 3.05) is 6.54 Å². The van der Waals surface area contributed by atoms with E-state index in [1.54, 1.807) is 16.8 Å². The summed E-state index contributed by atoms with van der Waals surface area (Å²) in [5.41, 5.74) is 5.42. The first-order valence-corrected chi connectivity index (χ1v) is 9.64. The van der Waals surface area contributed by atoms with Gasteiger partial charge in [0, 0.05) is 23.2 Å². The molecule has 0 radical (unpaired) electrons. The zero-order chi connectivity index (χ0) is 17.2. The van der Waals surface area contributed by atoms with E-state index in [1.807, 2.05) is 42.5 Å². The van der Waals surface area contributed by atoms with Gasteiger partial charge in [0.2, 0.25) is 0 Å². The van der Waals surface area contributed by atoms with Crippen LogP contribution in [0.3, 0.4) is 0 Å². The second kappa shape index (κ2) is 7.25. The Morgan fingerprint density at radius 3 is 2.80 bits per heavy atom. The van der Waals surface area contributed by atoms with Gasteiger partial charge in [-0.05, 0) is 23.3 Å². The van der Waals surface area contributed by atoms with Gasteiger partial charge in [-0.1, -0.05) is 54.1 Å². The zero-order valence-electron chi connectivity index (χ0n) is 13.5. The molecule has 2 aliphatic heterocycles. The highest BCUT2D eigenvalue weighted by atomic mass is 35.5. The van der Waals surface area contributed by atoms with Crippen LogP contribution in [0.4, 0.5) is 4.79 Å². The summed E-state index contributed by atoms with van der Waals surface area (Å²) < 4.78 is 0. The van der Waals surface area contributed by atoms with E-state index in [2.05, 4.69) is 28.2 Å². The first-order valence-electron chi connectivity index (χ1n) is 8.21. The van der Waals surface area contributed by atoms with Crippen molar-refractivity contribution in [3.05, 3.63) is 70.7 Å². The first kappa shape index (κ1) is 16.7. The van der Waals surface area contributed by atoms with Crippen LogP contribution in [0.2, 0.25) is 5.02 Å². The van der Waals surface area contributed by atoms with Crippen LogP contribution in [-0.2, 0) is 5.75 Å². The molecule has 2 amide bonds. The molecule has 3 N–H and O–H groups in total. The van der Waals surface area contributed by atoms with Gasteiger partial charge in [0.15, 0.2) is 0 Å². The molecule has 0 aromatic heterocycles. The number of urea groups is 1. The number of nitrogens with one attached hydrogen (secondary N) is 3. The number of fused-ring (bicyclic) bond motifs is 1. The average Bonchev–Trinajstić information content (AvgIpc) is 3.05. The second-order valence-corrected chi connectivity index (χ2v) is 7.66. The van der Waals surface area contributed by atoms with Crippen LogP contribution in [-0.4, -0.2) is 29.2 Å². The third-order valence-electron chi connectivity index (χ3n) is 4.47. The third kappa shape index (κ3) is 3.62. The highest BCUT2D eigenvalue weighted by Gasteiger charge is 2.43. The zero-order valence-corrected chi connectivity index (χ0v) is 15.1. The molecular weight excluding hydrogens is 356 g/mol. The summed E-state index contributed by atoms with van der Waals surface area (Å²) in [5.74, 6) is 0.996. The van der Waals surface area contributed by atoms with Crippen molar-refractivity contribution in [3.8, 4) is 0 Å². The van der Waals surface area contributed by atoms with Crippen LogP contribution in [0.15, 0.2) is 54.6 Å². The Morgan fingerprint density at radius 2 is 2.00 bits per heavy atom. The quantitative estimate of drug-likeness (QED) is 0.769. The van der Waals surface area contributed by atoms with Gasteiger partial charge >= 0.3 is 6.03 Å². The largest absolute Gasteiger partial charge is 0.335 e. The molecule has 2 saturated heterocycles. The van der Waals surface area contributed by atoms with Crippen molar-refractivity contribution in [1.29, 1.82) is 0 Å². The number of nitrogens with zero attached hydrogens (tertiary/aromatic N) is 1. The summed E-state index contributed by atoms with van der Waals surface area (Å²) in [6.07, 6.45) is -0.0620. The number of hydrogen-bond donors (Lipinski definition) is 3. The molecule has 7 heteroatoms. The maximum atomic E-state index is 12.4. The van der Waals surface area contributed by atoms with Gasteiger partial charge in [-0.3, -0.25) is 5.32 Å². The van der Waals surface area contributed by atoms with E-state index in [0.29, 0.717) is 0 Å². The molecule has 2 fully saturated rings. The van der Waals surface area contributed by atoms with Gasteiger partial charge in [-0.2, -0.15) is 0 Å². The van der Waals surface area contributed by atoms with Gasteiger partial charge in [0.05, 0.1) is 0 Å². The fourth-order valence-corrected chi connectivity index (χ4v) is 4.42. The number of carbonyl (C=O) groups excluding carboxylic acids is 1. The molecule has 0 spiro atoms. The number of halogens is 1. The minimum Gasteiger partial charge on any atom is -0.312 e. The van der Waals surface area contributed by atoms with E-state index < -0.39 is 0 Å². The van der Waals surface area contributed by atoms with E-state index in [1.165, 1.54) is 5.56 Å². The fourth-order valence-electron chi connectivity index (χ4n) is 3.25. The Bertz CT molecular complexity index is 760. The smallest absolute Gasteiger partial charge is 0.312 e. The lowest BCUT2D eigenvalue weighted by molar-refractivity contribution is 0.128. The number of hydrogen-bond acceptors (Lipinski definition) is 4. The summed E-state index contributed by atoms with van der Waals surface area (Å²) in [6, 6.07) is 18.0. The Kier molecular flexibility index (Phi) is 4.85. The summed E-state index contributed by atoms with van der Waals surface area (Å²) in [5, 5.41) is 8.92. The van der Waals surface area contributed by atoms with E-state index in [-0.39, 0.29) is 23.6 Å². The van der Waals surface area contributed by atoms with Crippen LogP contribution in [0.5, 0.6) is 0 Å². The predicted molar refractivity (Wildman–Crippen MR) is 101 cm³/mol. The highest BCUT2D eigenvalue weighted by molar-refractivity contribution is 7.99. The Morgan fingerprint density at radius 1 is 1.16 bits per heavy atom. The van der Waals surface area contributed by atoms with Gasteiger partial charge in [0.25, 0.3) is 0 Å². The SMILES string of the molecule is O=C1NC(SCc2cccc(Cl)c2)NC2C(c3ccccc3)CNN12. The molecule has 2 aliphatic rings. The van der Waals surface area contributed by atoms with Crippen LogP contribution in [0.1, 0.15) is 17.0 Å². The molecule has 4 rings (SSSR count). The predicted octanol–water partition coefficient (Wildman–Crippen LogP) is 3.10. The van der Waals surface area contributed by atoms with Crippen LogP contribution in [0, 0.1) is 0 Å². The number of thioether (sulfide) groups is 1. The molecular formula is C18H19ClN4OS. The third-order valence-corrected chi connectivity index (χ3v) is 5.79. The molecule has 0 bridgehead atoms. The Labute approximate surface area is 156 Å². The van der Waals surface area contributed by atoms with Crippen molar-refractivity contribution in [2.45, 2.75) is 23.3 Å². The van der Waals surface area contributed by atoms with Crippen LogP contribution >= 0.6 is 23.4 Å². The number of amides is 2. The number of benzene rings is 2. The van der Waals surface area contributed by atoms with Gasteiger partial charge in [-0.15, -0.1) is 11.8 Å². The number of rotatable bonds is 4. The monoisotopic (exact) mass is 374 g/mol. The van der Waals surface area contributed by atoms with E-state index in [9.17, 15) is 4.79 Å². The van der Waals surface area contributed by atoms with Crippen LogP contribution < -0.4 is 16.1 Å². The normalized spacial score (nSPS) is 25.6. The summed E-state index contributed by atoms with van der Waals surface area (Å²) in [6.45, 7) is 0.737. The highest BCUT2D eigenvalue weighted by Crippen LogP contribution is 2.29. The van der Waals surface area contributed by atoms with Crippen LogP contribution in [0.25, 0.3) is 0 Å². The number of hydrazine groups is 1. The summed E-state index contributed by atoms with van der Waals surface area (Å²) in [4.78, 5) is 12.4. The van der Waals surface area contributed by atoms with E-state index >= 15 is 0 Å². The molecule has 2 heterocycles. The lowest BCUT2D eigenvalue weighted by atomic mass is 9.97. The fraction of sp³-hybridized carbons (Fsp3) is 0.278. The lowest BCUT2D eigenvalue weighted by Crippen LogP contribution is -2.65. The van der Waals surface area contributed by atoms with E-state index in [0.717, 1.165) is 22.9 Å². The maximum absolute atomic E-state index is 12.4. The average molecular weight is 375 g/mol. The topological polar surface area (TPSA) is 56.4 Å².